The minimum atomic E-state index is -3.34. The summed E-state index contributed by atoms with van der Waals surface area (Å²) in [4.78, 5) is 0. The highest BCUT2D eigenvalue weighted by atomic mass is 35.7. The normalized spacial score (nSPS) is 28.1. The van der Waals surface area contributed by atoms with Crippen LogP contribution in [0.15, 0.2) is 0 Å². The highest BCUT2D eigenvalue weighted by molar-refractivity contribution is 8.15. The third-order valence-electron chi connectivity index (χ3n) is 4.19. The van der Waals surface area contributed by atoms with Crippen molar-refractivity contribution in [2.75, 3.05) is 0 Å². The van der Waals surface area contributed by atoms with Crippen molar-refractivity contribution in [1.29, 1.82) is 0 Å². The van der Waals surface area contributed by atoms with Crippen molar-refractivity contribution in [3.63, 3.8) is 0 Å². The molecule has 0 aromatic carbocycles. The molecule has 82 valence electrons. The summed E-state index contributed by atoms with van der Waals surface area (Å²) in [5, 5.41) is 0. The van der Waals surface area contributed by atoms with E-state index in [0.29, 0.717) is 5.41 Å². The van der Waals surface area contributed by atoms with Crippen LogP contribution in [0.3, 0.4) is 0 Å². The molecule has 0 amide bonds. The molecule has 0 radical (unpaired) electrons. The molecule has 0 N–H and O–H groups in total. The average Bonchev–Trinajstić information content (AvgIpc) is 2.76. The summed E-state index contributed by atoms with van der Waals surface area (Å²) in [6.45, 7) is 2.16. The van der Waals surface area contributed by atoms with Crippen molar-refractivity contribution in [2.24, 2.45) is 5.41 Å². The van der Waals surface area contributed by atoms with Gasteiger partial charge in [-0.25, -0.2) is 8.42 Å². The largest absolute Gasteiger partial charge is 0.238 e. The Bertz CT molecular complexity index is 321. The lowest BCUT2D eigenvalue weighted by molar-refractivity contribution is 0.109. The Morgan fingerprint density at radius 2 is 1.79 bits per heavy atom. The Morgan fingerprint density at radius 3 is 2.00 bits per heavy atom. The molecule has 0 unspecified atom stereocenters. The minimum Gasteiger partial charge on any atom is -0.212 e. The molecule has 0 aliphatic heterocycles. The van der Waals surface area contributed by atoms with Gasteiger partial charge in [0.1, 0.15) is 0 Å². The summed E-state index contributed by atoms with van der Waals surface area (Å²) < 4.78 is 22.3. The van der Waals surface area contributed by atoms with Gasteiger partial charge in [0.2, 0.25) is 9.05 Å². The number of hydrogen-bond donors (Lipinski definition) is 0. The Hall–Kier alpha value is 0.240. The van der Waals surface area contributed by atoms with Gasteiger partial charge in [0.25, 0.3) is 0 Å². The monoisotopic (exact) mass is 236 g/mol. The second-order valence-electron chi connectivity index (χ2n) is 5.00. The molecule has 2 rings (SSSR count). The molecule has 0 aromatic heterocycles. The lowest BCUT2D eigenvalue weighted by atomic mass is 9.64. The van der Waals surface area contributed by atoms with Crippen LogP contribution in [0.5, 0.6) is 0 Å². The van der Waals surface area contributed by atoms with Crippen LogP contribution < -0.4 is 0 Å². The zero-order chi connectivity index (χ0) is 10.4. The van der Waals surface area contributed by atoms with E-state index in [4.69, 9.17) is 10.7 Å². The predicted molar refractivity (Wildman–Crippen MR) is 57.9 cm³/mol. The summed E-state index contributed by atoms with van der Waals surface area (Å²) in [7, 11) is 2.17. The van der Waals surface area contributed by atoms with Gasteiger partial charge in [-0.1, -0.05) is 19.8 Å². The van der Waals surface area contributed by atoms with Crippen LogP contribution in [0.2, 0.25) is 0 Å². The Kier molecular flexibility index (Phi) is 2.39. The molecule has 2 nitrogen and oxygen atoms in total. The number of halogens is 1. The first-order valence-electron chi connectivity index (χ1n) is 5.37. The van der Waals surface area contributed by atoms with Crippen molar-refractivity contribution in [3.05, 3.63) is 0 Å². The van der Waals surface area contributed by atoms with Crippen LogP contribution in [0.1, 0.15) is 51.9 Å². The van der Waals surface area contributed by atoms with Crippen molar-refractivity contribution < 1.29 is 8.42 Å². The topological polar surface area (TPSA) is 34.1 Å². The van der Waals surface area contributed by atoms with Gasteiger partial charge in [0, 0.05) is 10.7 Å². The van der Waals surface area contributed by atoms with E-state index in [0.717, 1.165) is 25.7 Å². The lowest BCUT2D eigenvalue weighted by Gasteiger charge is -2.43. The fourth-order valence-corrected chi connectivity index (χ4v) is 4.36. The van der Waals surface area contributed by atoms with E-state index in [1.807, 2.05) is 0 Å². The van der Waals surface area contributed by atoms with Gasteiger partial charge in [0.05, 0.1) is 4.75 Å². The second-order valence-corrected chi connectivity index (χ2v) is 7.97. The molecular formula is C10H17ClO2S. The number of hydrogen-bond acceptors (Lipinski definition) is 2. The average molecular weight is 237 g/mol. The maximum Gasteiger partial charge on any atom is 0.238 e. The zero-order valence-corrected chi connectivity index (χ0v) is 10.1. The predicted octanol–water partition coefficient (Wildman–Crippen LogP) is 3.06. The molecule has 0 aromatic rings. The minimum absolute atomic E-state index is 0.304. The van der Waals surface area contributed by atoms with E-state index in [9.17, 15) is 8.42 Å². The summed E-state index contributed by atoms with van der Waals surface area (Å²) in [6, 6.07) is 0. The molecule has 0 spiro atoms. The van der Waals surface area contributed by atoms with Gasteiger partial charge in [-0.3, -0.25) is 0 Å². The molecular weight excluding hydrogens is 220 g/mol. The molecule has 2 aliphatic carbocycles. The van der Waals surface area contributed by atoms with E-state index in [1.54, 1.807) is 0 Å². The highest BCUT2D eigenvalue weighted by Gasteiger charge is 2.58. The van der Waals surface area contributed by atoms with Crippen molar-refractivity contribution in [2.45, 2.75) is 56.6 Å². The molecule has 0 heterocycles. The molecule has 2 fully saturated rings. The zero-order valence-electron chi connectivity index (χ0n) is 8.55. The summed E-state index contributed by atoms with van der Waals surface area (Å²) >= 11 is 0. The summed E-state index contributed by atoms with van der Waals surface area (Å²) in [5.41, 5.74) is 0.304. The second kappa shape index (κ2) is 3.11. The van der Waals surface area contributed by atoms with Crippen molar-refractivity contribution in [3.8, 4) is 0 Å². The van der Waals surface area contributed by atoms with Crippen LogP contribution in [-0.4, -0.2) is 13.2 Å². The van der Waals surface area contributed by atoms with E-state index in [-0.39, 0.29) is 0 Å². The first-order chi connectivity index (χ1) is 6.43. The van der Waals surface area contributed by atoms with Crippen molar-refractivity contribution in [1.82, 2.24) is 0 Å². The fraction of sp³-hybridized carbons (Fsp3) is 1.00. The third kappa shape index (κ3) is 1.58. The van der Waals surface area contributed by atoms with Gasteiger partial charge < -0.3 is 0 Å². The third-order valence-corrected chi connectivity index (χ3v) is 6.76. The van der Waals surface area contributed by atoms with Crippen molar-refractivity contribution >= 4 is 19.7 Å². The van der Waals surface area contributed by atoms with Crippen LogP contribution in [0.4, 0.5) is 0 Å². The lowest BCUT2D eigenvalue weighted by Crippen LogP contribution is -2.35. The Morgan fingerprint density at radius 1 is 1.21 bits per heavy atom. The van der Waals surface area contributed by atoms with Gasteiger partial charge in [-0.2, -0.15) is 0 Å². The first kappa shape index (κ1) is 10.7. The Labute approximate surface area is 90.4 Å². The van der Waals surface area contributed by atoms with E-state index < -0.39 is 13.8 Å². The van der Waals surface area contributed by atoms with Crippen LogP contribution >= 0.6 is 10.7 Å². The smallest absolute Gasteiger partial charge is 0.212 e. The number of rotatable bonds is 4. The molecule has 0 bridgehead atoms. The molecule has 2 saturated carbocycles. The van der Waals surface area contributed by atoms with E-state index >= 15 is 0 Å². The molecule has 0 atom stereocenters. The summed E-state index contributed by atoms with van der Waals surface area (Å²) in [6.07, 6.45) is 7.10. The van der Waals surface area contributed by atoms with Crippen LogP contribution in [0, 0.1) is 5.41 Å². The van der Waals surface area contributed by atoms with Gasteiger partial charge >= 0.3 is 0 Å². The quantitative estimate of drug-likeness (QED) is 0.703. The molecule has 0 saturated heterocycles. The first-order valence-corrected chi connectivity index (χ1v) is 7.68. The van der Waals surface area contributed by atoms with Gasteiger partial charge in [-0.05, 0) is 37.5 Å². The van der Waals surface area contributed by atoms with Crippen LogP contribution in [-0.2, 0) is 9.05 Å². The highest BCUT2D eigenvalue weighted by Crippen LogP contribution is 2.59. The summed E-state index contributed by atoms with van der Waals surface area (Å²) in [5.74, 6) is 0. The standard InChI is InChI=1S/C10H17ClO2S/c1-2-9(4-3-5-9)8-10(6-7-10)14(11,12)13/h2-8H2,1H3. The van der Waals surface area contributed by atoms with E-state index in [2.05, 4.69) is 6.92 Å². The Balaban J connectivity index is 2.11. The SMILES string of the molecule is CCC1(CC2(S(=O)(=O)Cl)CC2)CCC1. The maximum atomic E-state index is 11.4. The maximum absolute atomic E-state index is 11.4. The molecule has 2 aliphatic rings. The van der Waals surface area contributed by atoms with Crippen LogP contribution in [0.25, 0.3) is 0 Å². The van der Waals surface area contributed by atoms with E-state index in [1.165, 1.54) is 19.3 Å². The van der Waals surface area contributed by atoms with Gasteiger partial charge in [-0.15, -0.1) is 0 Å². The fourth-order valence-electron chi connectivity index (χ4n) is 2.66. The van der Waals surface area contributed by atoms with Gasteiger partial charge in [0.15, 0.2) is 0 Å². The molecule has 14 heavy (non-hydrogen) atoms. The molecule has 4 heteroatoms.